The molecule has 0 amide bonds. The van der Waals surface area contributed by atoms with Crippen molar-refractivity contribution in [1.82, 2.24) is 0 Å². The molecule has 378 valence electrons. The molecule has 0 aliphatic heterocycles. The molecule has 0 aliphatic carbocycles. The molecule has 0 saturated heterocycles. The minimum atomic E-state index is -2.73. The third kappa shape index (κ3) is 28.9. The van der Waals surface area contributed by atoms with Gasteiger partial charge in [-0.05, 0) is 43.9 Å². The fourth-order valence-electron chi connectivity index (χ4n) is 10.0. The van der Waals surface area contributed by atoms with Crippen LogP contribution in [0.15, 0.2) is 0 Å². The standard InChI is InChI=1S/C56H106O8/c1-47(2)41-35-29-23-17-11-8-14-20-26-32-38-44-55(53(60)61,45-39-33-27-21-15-9-12-18-24-30-36-42-48(3)4)56(54(62)63,51(50(7)57)52(58)59)64-46-40-34-28-22-16-10-13-19-25-31-37-43-49(5)6/h47-49,51H,8-46H2,1-7H3,(H,58,59)(H,60,61)(H,62,63). The summed E-state index contributed by atoms with van der Waals surface area (Å²) in [7, 11) is 0. The molecular weight excluding hydrogens is 801 g/mol. The summed E-state index contributed by atoms with van der Waals surface area (Å²) in [5.74, 6) is -5.38. The van der Waals surface area contributed by atoms with Crippen LogP contribution in [0.3, 0.4) is 0 Å². The topological polar surface area (TPSA) is 138 Å². The van der Waals surface area contributed by atoms with Crippen LogP contribution >= 0.6 is 0 Å². The number of ketones is 1. The molecule has 2 atom stereocenters. The number of carboxylic acid groups (broad SMARTS) is 3. The fraction of sp³-hybridized carbons (Fsp3) is 0.929. The van der Waals surface area contributed by atoms with Crippen LogP contribution < -0.4 is 0 Å². The summed E-state index contributed by atoms with van der Waals surface area (Å²) in [6.07, 6.45) is 39.3. The van der Waals surface area contributed by atoms with Crippen molar-refractivity contribution in [3.8, 4) is 0 Å². The van der Waals surface area contributed by atoms with Crippen LogP contribution in [-0.4, -0.2) is 51.2 Å². The number of carboxylic acids is 3. The highest BCUT2D eigenvalue weighted by Gasteiger charge is 2.69. The number of carbonyl (C=O) groups is 4. The number of carbonyl (C=O) groups excluding carboxylic acids is 1. The van der Waals surface area contributed by atoms with Crippen molar-refractivity contribution < 1.29 is 39.2 Å². The average molecular weight is 907 g/mol. The zero-order valence-electron chi connectivity index (χ0n) is 43.3. The van der Waals surface area contributed by atoms with Gasteiger partial charge in [-0.2, -0.15) is 0 Å². The van der Waals surface area contributed by atoms with Crippen LogP contribution in [0.5, 0.6) is 0 Å². The van der Waals surface area contributed by atoms with Crippen LogP contribution in [-0.2, 0) is 23.9 Å². The van der Waals surface area contributed by atoms with E-state index in [1.54, 1.807) is 0 Å². The second-order valence-electron chi connectivity index (χ2n) is 21.4. The first-order chi connectivity index (χ1) is 30.7. The third-order valence-electron chi connectivity index (χ3n) is 14.0. The first-order valence-corrected chi connectivity index (χ1v) is 27.5. The molecule has 0 saturated carbocycles. The van der Waals surface area contributed by atoms with E-state index in [-0.39, 0.29) is 19.4 Å². The van der Waals surface area contributed by atoms with E-state index in [0.29, 0.717) is 32.1 Å². The van der Waals surface area contributed by atoms with Crippen LogP contribution in [0, 0.1) is 29.1 Å². The van der Waals surface area contributed by atoms with E-state index in [9.17, 15) is 34.5 Å². The molecule has 0 heterocycles. The predicted octanol–water partition coefficient (Wildman–Crippen LogP) is 17.0. The molecule has 8 nitrogen and oxygen atoms in total. The van der Waals surface area contributed by atoms with E-state index >= 15 is 0 Å². The zero-order valence-corrected chi connectivity index (χ0v) is 43.3. The molecule has 0 fully saturated rings. The highest BCUT2D eigenvalue weighted by atomic mass is 16.5. The number of hydrogen-bond donors (Lipinski definition) is 3. The lowest BCUT2D eigenvalue weighted by Crippen LogP contribution is -2.67. The molecule has 3 N–H and O–H groups in total. The monoisotopic (exact) mass is 907 g/mol. The van der Waals surface area contributed by atoms with Crippen molar-refractivity contribution in [3.05, 3.63) is 0 Å². The van der Waals surface area contributed by atoms with E-state index < -0.39 is 40.6 Å². The van der Waals surface area contributed by atoms with Gasteiger partial charge in [0, 0.05) is 6.61 Å². The highest BCUT2D eigenvalue weighted by molar-refractivity contribution is 6.06. The van der Waals surface area contributed by atoms with Crippen LogP contribution in [0.1, 0.15) is 292 Å². The first-order valence-electron chi connectivity index (χ1n) is 27.5. The van der Waals surface area contributed by atoms with Crippen LogP contribution in [0.25, 0.3) is 0 Å². The summed E-state index contributed by atoms with van der Waals surface area (Å²) >= 11 is 0. The Hall–Kier alpha value is -1.96. The van der Waals surface area contributed by atoms with Gasteiger partial charge in [0.2, 0.25) is 5.60 Å². The van der Waals surface area contributed by atoms with Gasteiger partial charge in [-0.25, -0.2) is 4.79 Å². The summed E-state index contributed by atoms with van der Waals surface area (Å²) in [6, 6.07) is 0. The van der Waals surface area contributed by atoms with Gasteiger partial charge in [0.25, 0.3) is 0 Å². The Labute approximate surface area is 395 Å². The fourth-order valence-corrected chi connectivity index (χ4v) is 10.0. The molecule has 0 aliphatic rings. The number of hydrogen-bond acceptors (Lipinski definition) is 5. The van der Waals surface area contributed by atoms with E-state index in [4.69, 9.17) is 4.74 Å². The number of rotatable bonds is 49. The van der Waals surface area contributed by atoms with Gasteiger partial charge >= 0.3 is 17.9 Å². The van der Waals surface area contributed by atoms with Crippen molar-refractivity contribution in [2.75, 3.05) is 6.61 Å². The van der Waals surface area contributed by atoms with Crippen molar-refractivity contribution in [3.63, 3.8) is 0 Å². The molecule has 8 heteroatoms. The molecule has 0 spiro atoms. The molecule has 0 rings (SSSR count). The van der Waals surface area contributed by atoms with Crippen molar-refractivity contribution in [2.45, 2.75) is 298 Å². The Morgan fingerprint density at radius 2 is 0.625 bits per heavy atom. The quantitative estimate of drug-likeness (QED) is 0.0405. The lowest BCUT2D eigenvalue weighted by Gasteiger charge is -2.47. The van der Waals surface area contributed by atoms with Crippen molar-refractivity contribution >= 4 is 23.7 Å². The van der Waals surface area contributed by atoms with Gasteiger partial charge in [0.1, 0.15) is 11.2 Å². The second kappa shape index (κ2) is 40.1. The first kappa shape index (κ1) is 62.0. The Balaban J connectivity index is 5.69. The molecule has 0 aromatic heterocycles. The van der Waals surface area contributed by atoms with E-state index in [0.717, 1.165) is 88.9 Å². The van der Waals surface area contributed by atoms with Gasteiger partial charge in [0.05, 0.1) is 0 Å². The maximum atomic E-state index is 13.8. The van der Waals surface area contributed by atoms with Gasteiger partial charge in [-0.15, -0.1) is 0 Å². The van der Waals surface area contributed by atoms with Gasteiger partial charge in [-0.1, -0.05) is 266 Å². The lowest BCUT2D eigenvalue weighted by molar-refractivity contribution is -0.219. The van der Waals surface area contributed by atoms with E-state index in [1.807, 2.05) is 0 Å². The Morgan fingerprint density at radius 3 is 0.844 bits per heavy atom. The lowest BCUT2D eigenvalue weighted by atomic mass is 9.59. The average Bonchev–Trinajstić information content (AvgIpc) is 3.22. The number of unbranched alkanes of at least 4 members (excludes halogenated alkanes) is 30. The number of ether oxygens (including phenoxy) is 1. The van der Waals surface area contributed by atoms with Crippen molar-refractivity contribution in [1.29, 1.82) is 0 Å². The molecule has 2 unspecified atom stereocenters. The van der Waals surface area contributed by atoms with Gasteiger partial charge in [0.15, 0.2) is 5.92 Å². The smallest absolute Gasteiger partial charge is 0.338 e. The Morgan fingerprint density at radius 1 is 0.375 bits per heavy atom. The maximum Gasteiger partial charge on any atom is 0.338 e. The summed E-state index contributed by atoms with van der Waals surface area (Å²) in [4.78, 5) is 53.7. The minimum absolute atomic E-state index is 0.0447. The molecule has 0 aromatic carbocycles. The van der Waals surface area contributed by atoms with Crippen LogP contribution in [0.2, 0.25) is 0 Å². The highest BCUT2D eigenvalue weighted by Crippen LogP contribution is 2.50. The Bertz CT molecular complexity index is 1100. The molecular formula is C56H106O8. The largest absolute Gasteiger partial charge is 0.481 e. The predicted molar refractivity (Wildman–Crippen MR) is 268 cm³/mol. The van der Waals surface area contributed by atoms with E-state index in [1.165, 1.54) is 135 Å². The normalized spacial score (nSPS) is 13.5. The van der Waals surface area contributed by atoms with Crippen LogP contribution in [0.4, 0.5) is 0 Å². The minimum Gasteiger partial charge on any atom is -0.481 e. The summed E-state index contributed by atoms with van der Waals surface area (Å²) in [6.45, 7) is 14.6. The Kier molecular flexibility index (Phi) is 38.9. The maximum absolute atomic E-state index is 13.8. The molecule has 0 bridgehead atoms. The summed E-state index contributed by atoms with van der Waals surface area (Å²) in [5, 5.41) is 32.9. The molecule has 64 heavy (non-hydrogen) atoms. The van der Waals surface area contributed by atoms with Gasteiger partial charge in [-0.3, -0.25) is 14.4 Å². The number of aliphatic carboxylic acids is 3. The summed E-state index contributed by atoms with van der Waals surface area (Å²) in [5.41, 5.74) is -4.80. The van der Waals surface area contributed by atoms with Crippen molar-refractivity contribution in [2.24, 2.45) is 29.1 Å². The van der Waals surface area contributed by atoms with Gasteiger partial charge < -0.3 is 20.1 Å². The van der Waals surface area contributed by atoms with E-state index in [2.05, 4.69) is 41.5 Å². The molecule has 0 radical (unpaired) electrons. The second-order valence-corrected chi connectivity index (χ2v) is 21.4. The third-order valence-corrected chi connectivity index (χ3v) is 14.0. The SMILES string of the molecule is CC(=O)C(C(=O)O)C(OCCCCCCCCCCCCCC(C)C)(C(=O)O)C(CCCCCCCCCCCCCC(C)C)(CCCCCCCCCCCCCC(C)C)C(=O)O. The zero-order chi connectivity index (χ0) is 47.9. The summed E-state index contributed by atoms with van der Waals surface area (Å²) < 4.78 is 6.27. The molecule has 0 aromatic rings. The number of Topliss-reactive ketones (excluding diaryl/α,β-unsaturated/α-hetero) is 1.